The molecule has 0 bridgehead atoms. The summed E-state index contributed by atoms with van der Waals surface area (Å²) in [5.41, 5.74) is 0. The average Bonchev–Trinajstić information content (AvgIpc) is 1.79. The van der Waals surface area contributed by atoms with E-state index >= 15 is 0 Å². The molecule has 0 aliphatic heterocycles. The van der Waals surface area contributed by atoms with Crippen LogP contribution in [0.4, 0.5) is 22.0 Å². The van der Waals surface area contributed by atoms with E-state index in [9.17, 15) is 22.0 Å². The van der Waals surface area contributed by atoms with Gasteiger partial charge < -0.3 is 0 Å². The summed E-state index contributed by atoms with van der Waals surface area (Å²) in [7, 11) is 0. The fourth-order valence-corrected chi connectivity index (χ4v) is 0.853. The van der Waals surface area contributed by atoms with E-state index in [-0.39, 0.29) is 6.42 Å². The van der Waals surface area contributed by atoms with Crippen molar-refractivity contribution in [3.05, 3.63) is 6.43 Å². The molecule has 0 aromatic rings. The lowest BCUT2D eigenvalue weighted by Gasteiger charge is -2.12. The molecule has 0 aliphatic rings. The van der Waals surface area contributed by atoms with Crippen LogP contribution in [-0.4, -0.2) is 6.18 Å². The fraction of sp³-hybridized carbons (Fsp3) is 0.857. The zero-order valence-corrected chi connectivity index (χ0v) is 6.59. The van der Waals surface area contributed by atoms with Crippen molar-refractivity contribution < 1.29 is 22.0 Å². The Hall–Kier alpha value is -0.350. The van der Waals surface area contributed by atoms with Crippen LogP contribution >= 0.6 is 0 Å². The van der Waals surface area contributed by atoms with Gasteiger partial charge in [-0.3, -0.25) is 0 Å². The normalized spacial score (nSPS) is 15.2. The highest BCUT2D eigenvalue weighted by molar-refractivity contribution is 4.65. The SMILES string of the molecule is CC(CC[C](F)F)CC(F)(F)F. The van der Waals surface area contributed by atoms with Gasteiger partial charge in [0.05, 0.1) is 0 Å². The van der Waals surface area contributed by atoms with Crippen molar-refractivity contribution in [2.45, 2.75) is 32.4 Å². The summed E-state index contributed by atoms with van der Waals surface area (Å²) < 4.78 is 57.8. The number of hydrogen-bond donors (Lipinski definition) is 0. The first-order valence-corrected chi connectivity index (χ1v) is 3.55. The highest BCUT2D eigenvalue weighted by Crippen LogP contribution is 2.28. The Morgan fingerprint density at radius 2 is 1.75 bits per heavy atom. The minimum atomic E-state index is -4.24. The van der Waals surface area contributed by atoms with Crippen molar-refractivity contribution in [3.63, 3.8) is 0 Å². The molecule has 0 rings (SSSR count). The highest BCUT2D eigenvalue weighted by Gasteiger charge is 2.29. The molecular formula is C7H10F5. The first kappa shape index (κ1) is 11.6. The smallest absolute Gasteiger partial charge is 0.200 e. The predicted molar refractivity (Wildman–Crippen MR) is 34.5 cm³/mol. The second-order valence-electron chi connectivity index (χ2n) is 2.80. The maximum absolute atomic E-state index is 11.6. The largest absolute Gasteiger partial charge is 0.389 e. The second kappa shape index (κ2) is 4.62. The molecule has 1 unspecified atom stereocenters. The van der Waals surface area contributed by atoms with Gasteiger partial charge >= 0.3 is 12.6 Å². The number of hydrogen-bond acceptors (Lipinski definition) is 0. The van der Waals surface area contributed by atoms with Gasteiger partial charge in [0.25, 0.3) is 0 Å². The molecule has 0 aromatic heterocycles. The summed E-state index contributed by atoms with van der Waals surface area (Å²) in [6, 6.07) is 0. The molecule has 0 spiro atoms. The third-order valence-corrected chi connectivity index (χ3v) is 1.41. The molecule has 0 aromatic carbocycles. The first-order chi connectivity index (χ1) is 5.31. The predicted octanol–water partition coefficient (Wildman–Crippen LogP) is 3.78. The lowest BCUT2D eigenvalue weighted by atomic mass is 10.0. The minimum absolute atomic E-state index is 0.109. The number of alkyl halides is 3. The molecule has 5 heteroatoms. The van der Waals surface area contributed by atoms with Gasteiger partial charge in [0, 0.05) is 12.8 Å². The van der Waals surface area contributed by atoms with E-state index in [1.165, 1.54) is 6.92 Å². The second-order valence-corrected chi connectivity index (χ2v) is 2.80. The zero-order chi connectivity index (χ0) is 9.78. The molecule has 0 N–H and O–H groups in total. The Labute approximate surface area is 67.8 Å². The van der Waals surface area contributed by atoms with Crippen LogP contribution in [0.2, 0.25) is 0 Å². The van der Waals surface area contributed by atoms with Crippen LogP contribution in [0.1, 0.15) is 26.2 Å². The summed E-state index contributed by atoms with van der Waals surface area (Å²) in [6.07, 6.45) is -7.67. The van der Waals surface area contributed by atoms with Gasteiger partial charge in [-0.1, -0.05) is 6.92 Å². The van der Waals surface area contributed by atoms with Gasteiger partial charge in [0.15, 0.2) is 0 Å². The molecule has 0 saturated carbocycles. The van der Waals surface area contributed by atoms with E-state index in [4.69, 9.17) is 0 Å². The van der Waals surface area contributed by atoms with E-state index in [2.05, 4.69) is 0 Å². The van der Waals surface area contributed by atoms with E-state index < -0.39 is 31.4 Å². The van der Waals surface area contributed by atoms with Gasteiger partial charge in [-0.05, 0) is 12.3 Å². The Bertz CT molecular complexity index is 117. The van der Waals surface area contributed by atoms with Crippen LogP contribution in [0.3, 0.4) is 0 Å². The summed E-state index contributed by atoms with van der Waals surface area (Å²) in [5, 5.41) is 0. The maximum Gasteiger partial charge on any atom is 0.389 e. The average molecular weight is 189 g/mol. The summed E-state index contributed by atoms with van der Waals surface area (Å²) >= 11 is 0. The van der Waals surface area contributed by atoms with Gasteiger partial charge in [-0.25, -0.2) is 0 Å². The summed E-state index contributed by atoms with van der Waals surface area (Å²) in [5.74, 6) is -0.730. The summed E-state index contributed by atoms with van der Waals surface area (Å²) in [6.45, 7) is 1.32. The highest BCUT2D eigenvalue weighted by atomic mass is 19.4. The maximum atomic E-state index is 11.6. The third-order valence-electron chi connectivity index (χ3n) is 1.41. The lowest BCUT2D eigenvalue weighted by molar-refractivity contribution is -0.143. The topological polar surface area (TPSA) is 0 Å². The first-order valence-electron chi connectivity index (χ1n) is 3.55. The van der Waals surface area contributed by atoms with Crippen molar-refractivity contribution >= 4 is 0 Å². The molecule has 12 heavy (non-hydrogen) atoms. The molecule has 1 atom stereocenters. The van der Waals surface area contributed by atoms with Gasteiger partial charge in [0.1, 0.15) is 0 Å². The quantitative estimate of drug-likeness (QED) is 0.590. The standard InChI is InChI=1S/C7H10F5/c1-5(2-3-6(8)9)4-7(10,11)12/h5H,2-4H2,1H3. The van der Waals surface area contributed by atoms with Gasteiger partial charge in [0.2, 0.25) is 0 Å². The minimum Gasteiger partial charge on any atom is -0.200 e. The Balaban J connectivity index is 3.53. The van der Waals surface area contributed by atoms with Crippen LogP contribution in [0.5, 0.6) is 0 Å². The Kier molecular flexibility index (Phi) is 4.49. The van der Waals surface area contributed by atoms with Crippen LogP contribution in [0.25, 0.3) is 0 Å². The lowest BCUT2D eigenvalue weighted by Crippen LogP contribution is -2.13. The zero-order valence-electron chi connectivity index (χ0n) is 6.59. The van der Waals surface area contributed by atoms with Crippen molar-refractivity contribution in [1.29, 1.82) is 0 Å². The van der Waals surface area contributed by atoms with Gasteiger partial charge in [-0.15, -0.1) is 0 Å². The van der Waals surface area contributed by atoms with E-state index in [0.717, 1.165) is 0 Å². The van der Waals surface area contributed by atoms with E-state index in [0.29, 0.717) is 0 Å². The van der Waals surface area contributed by atoms with Crippen molar-refractivity contribution in [2.24, 2.45) is 5.92 Å². The monoisotopic (exact) mass is 189 g/mol. The van der Waals surface area contributed by atoms with Crippen LogP contribution in [0, 0.1) is 12.3 Å². The van der Waals surface area contributed by atoms with E-state index in [1.807, 2.05) is 0 Å². The molecule has 0 nitrogen and oxygen atoms in total. The fourth-order valence-electron chi connectivity index (χ4n) is 0.853. The van der Waals surface area contributed by atoms with Crippen molar-refractivity contribution in [1.82, 2.24) is 0 Å². The third kappa shape index (κ3) is 7.75. The molecule has 0 aliphatic carbocycles. The van der Waals surface area contributed by atoms with Crippen molar-refractivity contribution in [3.8, 4) is 0 Å². The molecule has 0 saturated heterocycles. The Morgan fingerprint density at radius 1 is 1.25 bits per heavy atom. The number of rotatable bonds is 4. The molecule has 1 radical (unpaired) electrons. The number of halogens is 5. The summed E-state index contributed by atoms with van der Waals surface area (Å²) in [4.78, 5) is 0. The molecule has 0 fully saturated rings. The molecule has 73 valence electrons. The van der Waals surface area contributed by atoms with Crippen LogP contribution < -0.4 is 0 Å². The van der Waals surface area contributed by atoms with E-state index in [1.54, 1.807) is 0 Å². The molecular weight excluding hydrogens is 179 g/mol. The molecule has 0 amide bonds. The van der Waals surface area contributed by atoms with Crippen LogP contribution in [-0.2, 0) is 0 Å². The van der Waals surface area contributed by atoms with Crippen molar-refractivity contribution in [2.75, 3.05) is 0 Å². The Morgan fingerprint density at radius 3 is 2.08 bits per heavy atom. The molecule has 0 heterocycles. The van der Waals surface area contributed by atoms with Gasteiger partial charge in [-0.2, -0.15) is 22.0 Å². The van der Waals surface area contributed by atoms with Crippen LogP contribution in [0.15, 0.2) is 0 Å².